The predicted molar refractivity (Wildman–Crippen MR) is 115 cm³/mol. The number of primary amides is 1. The molecule has 0 aliphatic carbocycles. The number of hydrogen-bond acceptors (Lipinski definition) is 5. The molecule has 7 nitrogen and oxygen atoms in total. The molecule has 2 amide bonds. The molecule has 1 fully saturated rings. The summed E-state index contributed by atoms with van der Waals surface area (Å²) in [6.45, 7) is 4.22. The average Bonchev–Trinajstić information content (AvgIpc) is 2.74. The maximum absolute atomic E-state index is 12.4. The number of benzene rings is 2. The molecule has 2 aromatic rings. The van der Waals surface area contributed by atoms with Gasteiger partial charge in [0.1, 0.15) is 18.1 Å². The van der Waals surface area contributed by atoms with Crippen LogP contribution in [0.25, 0.3) is 0 Å². The first-order valence-corrected chi connectivity index (χ1v) is 10.3. The summed E-state index contributed by atoms with van der Waals surface area (Å²) in [6, 6.07) is 14.4. The number of nitrogens with two attached hydrogens (primary N) is 1. The van der Waals surface area contributed by atoms with E-state index in [2.05, 4.69) is 4.90 Å². The van der Waals surface area contributed by atoms with E-state index in [0.29, 0.717) is 36.2 Å². The van der Waals surface area contributed by atoms with E-state index in [9.17, 15) is 9.59 Å². The number of halogens is 1. The third kappa shape index (κ3) is 6.64. The van der Waals surface area contributed by atoms with E-state index < -0.39 is 0 Å². The molecule has 160 valence electrons. The first kappa shape index (κ1) is 21.9. The second kappa shape index (κ2) is 10.8. The maximum Gasteiger partial charge on any atom is 0.260 e. The van der Waals surface area contributed by atoms with Crippen molar-refractivity contribution in [3.05, 3.63) is 59.1 Å². The first-order chi connectivity index (χ1) is 14.5. The van der Waals surface area contributed by atoms with Crippen molar-refractivity contribution in [2.24, 2.45) is 5.73 Å². The van der Waals surface area contributed by atoms with Crippen molar-refractivity contribution in [3.63, 3.8) is 0 Å². The summed E-state index contributed by atoms with van der Waals surface area (Å²) in [4.78, 5) is 27.4. The third-order valence-corrected chi connectivity index (χ3v) is 5.20. The van der Waals surface area contributed by atoms with Gasteiger partial charge in [-0.05, 0) is 29.8 Å². The molecule has 0 atom stereocenters. The van der Waals surface area contributed by atoms with Gasteiger partial charge in [-0.2, -0.15) is 0 Å². The molecule has 8 heteroatoms. The molecule has 0 radical (unpaired) electrons. The molecule has 2 N–H and O–H groups in total. The van der Waals surface area contributed by atoms with Crippen LogP contribution in [0.5, 0.6) is 11.5 Å². The molecule has 3 rings (SSSR count). The van der Waals surface area contributed by atoms with E-state index in [4.69, 9.17) is 26.8 Å². The summed E-state index contributed by atoms with van der Waals surface area (Å²) in [7, 11) is 0. The quantitative estimate of drug-likeness (QED) is 0.656. The number of rotatable bonds is 9. The number of hydrogen-bond donors (Lipinski definition) is 1. The minimum atomic E-state index is -0.381. The Morgan fingerprint density at radius 3 is 2.33 bits per heavy atom. The second-order valence-corrected chi connectivity index (χ2v) is 7.48. The molecule has 1 heterocycles. The minimum Gasteiger partial charge on any atom is -0.491 e. The SMILES string of the molecule is NC(=O)Cc1ccc(OCC(=O)N2CCN(CCOc3ccccc3Cl)CC2)cc1. The fourth-order valence-electron chi connectivity index (χ4n) is 3.21. The van der Waals surface area contributed by atoms with E-state index >= 15 is 0 Å². The molecule has 30 heavy (non-hydrogen) atoms. The number of para-hydroxylation sites is 1. The molecule has 0 unspecified atom stereocenters. The van der Waals surface area contributed by atoms with Gasteiger partial charge in [-0.15, -0.1) is 0 Å². The molecule has 0 aromatic heterocycles. The molecular weight excluding hydrogens is 406 g/mol. The van der Waals surface area contributed by atoms with Gasteiger partial charge in [-0.25, -0.2) is 0 Å². The Morgan fingerprint density at radius 2 is 1.67 bits per heavy atom. The Morgan fingerprint density at radius 1 is 0.967 bits per heavy atom. The van der Waals surface area contributed by atoms with E-state index in [1.165, 1.54) is 0 Å². The van der Waals surface area contributed by atoms with Gasteiger partial charge >= 0.3 is 0 Å². The number of carbonyl (C=O) groups is 2. The van der Waals surface area contributed by atoms with Crippen LogP contribution in [-0.2, 0) is 16.0 Å². The lowest BCUT2D eigenvalue weighted by Crippen LogP contribution is -2.50. The van der Waals surface area contributed by atoms with Gasteiger partial charge in [-0.1, -0.05) is 35.9 Å². The van der Waals surface area contributed by atoms with E-state index in [1.54, 1.807) is 30.3 Å². The number of amides is 2. The van der Waals surface area contributed by atoms with Gasteiger partial charge in [0.25, 0.3) is 5.91 Å². The molecule has 1 aliphatic rings. The summed E-state index contributed by atoms with van der Waals surface area (Å²) in [6.07, 6.45) is 0.187. The largest absolute Gasteiger partial charge is 0.491 e. The van der Waals surface area contributed by atoms with Crippen molar-refractivity contribution in [2.45, 2.75) is 6.42 Å². The highest BCUT2D eigenvalue weighted by molar-refractivity contribution is 6.32. The van der Waals surface area contributed by atoms with Crippen molar-refractivity contribution in [3.8, 4) is 11.5 Å². The Balaban J connectivity index is 1.34. The number of ether oxygens (including phenoxy) is 2. The molecule has 1 saturated heterocycles. The van der Waals surface area contributed by atoms with Crippen LogP contribution >= 0.6 is 11.6 Å². The lowest BCUT2D eigenvalue weighted by molar-refractivity contribution is -0.135. The minimum absolute atomic E-state index is 0.00914. The van der Waals surface area contributed by atoms with Crippen LogP contribution in [0.3, 0.4) is 0 Å². The normalized spacial score (nSPS) is 14.4. The zero-order chi connectivity index (χ0) is 21.3. The Hall–Kier alpha value is -2.77. The molecule has 1 aliphatic heterocycles. The van der Waals surface area contributed by atoms with Crippen molar-refractivity contribution in [1.29, 1.82) is 0 Å². The van der Waals surface area contributed by atoms with Gasteiger partial charge in [0.15, 0.2) is 6.61 Å². The summed E-state index contributed by atoms with van der Waals surface area (Å²) in [5.41, 5.74) is 5.99. The van der Waals surface area contributed by atoms with Gasteiger partial charge in [-0.3, -0.25) is 14.5 Å². The van der Waals surface area contributed by atoms with Crippen LogP contribution < -0.4 is 15.2 Å². The number of carbonyl (C=O) groups excluding carboxylic acids is 2. The van der Waals surface area contributed by atoms with Gasteiger partial charge in [0.05, 0.1) is 11.4 Å². The lowest BCUT2D eigenvalue weighted by Gasteiger charge is -2.34. The molecule has 0 bridgehead atoms. The van der Waals surface area contributed by atoms with Crippen LogP contribution in [0.2, 0.25) is 5.02 Å². The van der Waals surface area contributed by atoms with Crippen LogP contribution in [0, 0.1) is 0 Å². The predicted octanol–water partition coefficient (Wildman–Crippen LogP) is 1.97. The standard InChI is InChI=1S/C22H26ClN3O4/c23-19-3-1-2-4-20(19)29-14-13-25-9-11-26(12-10-25)22(28)16-30-18-7-5-17(6-8-18)15-21(24)27/h1-8H,9-16H2,(H2,24,27). The molecule has 0 spiro atoms. The Bertz CT molecular complexity index is 852. The van der Waals surface area contributed by atoms with Crippen molar-refractivity contribution >= 4 is 23.4 Å². The monoisotopic (exact) mass is 431 g/mol. The van der Waals surface area contributed by atoms with Crippen LogP contribution in [-0.4, -0.2) is 67.6 Å². The van der Waals surface area contributed by atoms with Crippen molar-refractivity contribution in [1.82, 2.24) is 9.80 Å². The van der Waals surface area contributed by atoms with Gasteiger partial charge in [0.2, 0.25) is 5.91 Å². The third-order valence-electron chi connectivity index (χ3n) is 4.89. The maximum atomic E-state index is 12.4. The van der Waals surface area contributed by atoms with Gasteiger partial charge in [0, 0.05) is 32.7 Å². The zero-order valence-electron chi connectivity index (χ0n) is 16.8. The Labute approximate surface area is 181 Å². The Kier molecular flexibility index (Phi) is 7.93. The molecular formula is C22H26ClN3O4. The van der Waals surface area contributed by atoms with Crippen LogP contribution in [0.15, 0.2) is 48.5 Å². The van der Waals surface area contributed by atoms with Gasteiger partial charge < -0.3 is 20.1 Å². The topological polar surface area (TPSA) is 85.1 Å². The summed E-state index contributed by atoms with van der Waals surface area (Å²) >= 11 is 6.09. The first-order valence-electron chi connectivity index (χ1n) is 9.89. The average molecular weight is 432 g/mol. The van der Waals surface area contributed by atoms with Crippen LogP contribution in [0.4, 0.5) is 0 Å². The van der Waals surface area contributed by atoms with Crippen molar-refractivity contribution < 1.29 is 19.1 Å². The van der Waals surface area contributed by atoms with E-state index in [0.717, 1.165) is 25.2 Å². The fraction of sp³-hybridized carbons (Fsp3) is 0.364. The summed E-state index contributed by atoms with van der Waals surface area (Å²) in [5.74, 6) is 0.858. The molecule has 0 saturated carbocycles. The zero-order valence-corrected chi connectivity index (χ0v) is 17.5. The van der Waals surface area contributed by atoms with E-state index in [-0.39, 0.29) is 24.8 Å². The number of piperazine rings is 1. The number of nitrogens with zero attached hydrogens (tertiary/aromatic N) is 2. The fourth-order valence-corrected chi connectivity index (χ4v) is 3.40. The highest BCUT2D eigenvalue weighted by Crippen LogP contribution is 2.23. The van der Waals surface area contributed by atoms with Crippen molar-refractivity contribution in [2.75, 3.05) is 45.9 Å². The molecule has 2 aromatic carbocycles. The van der Waals surface area contributed by atoms with E-state index in [1.807, 2.05) is 23.1 Å². The summed E-state index contributed by atoms with van der Waals surface area (Å²) in [5, 5.41) is 0.607. The smallest absolute Gasteiger partial charge is 0.260 e. The highest BCUT2D eigenvalue weighted by atomic mass is 35.5. The van der Waals surface area contributed by atoms with Crippen LogP contribution in [0.1, 0.15) is 5.56 Å². The highest BCUT2D eigenvalue weighted by Gasteiger charge is 2.21. The summed E-state index contributed by atoms with van der Waals surface area (Å²) < 4.78 is 11.3. The second-order valence-electron chi connectivity index (χ2n) is 7.08. The lowest BCUT2D eigenvalue weighted by atomic mass is 10.1.